The van der Waals surface area contributed by atoms with Gasteiger partial charge in [-0.15, -0.1) is 0 Å². The molecule has 0 aliphatic rings. The summed E-state index contributed by atoms with van der Waals surface area (Å²) in [5.74, 6) is -0.957. The van der Waals surface area contributed by atoms with Gasteiger partial charge in [-0.3, -0.25) is 9.79 Å². The lowest BCUT2D eigenvalue weighted by Gasteiger charge is -2.04. The van der Waals surface area contributed by atoms with E-state index in [0.29, 0.717) is 11.3 Å². The highest BCUT2D eigenvalue weighted by Gasteiger charge is 2.09. The van der Waals surface area contributed by atoms with E-state index in [1.54, 1.807) is 14.0 Å². The maximum absolute atomic E-state index is 10.3. The number of aliphatic hydroxyl groups excluding tert-OH is 1. The van der Waals surface area contributed by atoms with Gasteiger partial charge in [0.05, 0.1) is 12.2 Å². The first-order valence-electron chi connectivity index (χ1n) is 3.53. The van der Waals surface area contributed by atoms with Crippen LogP contribution in [-0.2, 0) is 4.79 Å². The summed E-state index contributed by atoms with van der Waals surface area (Å²) in [6, 6.07) is 0. The molecule has 0 spiro atoms. The van der Waals surface area contributed by atoms with Gasteiger partial charge < -0.3 is 10.2 Å². The third-order valence-corrected chi connectivity index (χ3v) is 1.54. The van der Waals surface area contributed by atoms with Crippen LogP contribution in [0.2, 0.25) is 0 Å². The van der Waals surface area contributed by atoms with Crippen molar-refractivity contribution in [1.29, 1.82) is 0 Å². The van der Waals surface area contributed by atoms with Gasteiger partial charge in [-0.2, -0.15) is 0 Å². The number of hydrogen-bond donors (Lipinski definition) is 2. The Bertz CT molecular complexity index is 237. The van der Waals surface area contributed by atoms with Crippen LogP contribution in [0.25, 0.3) is 0 Å². The fourth-order valence-corrected chi connectivity index (χ4v) is 0.804. The van der Waals surface area contributed by atoms with Crippen molar-refractivity contribution in [2.24, 2.45) is 4.99 Å². The van der Waals surface area contributed by atoms with E-state index in [0.717, 1.165) is 0 Å². The average molecular weight is 171 g/mol. The van der Waals surface area contributed by atoms with E-state index in [4.69, 9.17) is 10.2 Å². The molecule has 12 heavy (non-hydrogen) atoms. The van der Waals surface area contributed by atoms with Crippen molar-refractivity contribution >= 4 is 11.7 Å². The summed E-state index contributed by atoms with van der Waals surface area (Å²) in [7, 11) is 1.56. The lowest BCUT2D eigenvalue weighted by Crippen LogP contribution is -2.07. The predicted molar refractivity (Wildman–Crippen MR) is 46.6 cm³/mol. The minimum Gasteiger partial charge on any atom is -0.512 e. The van der Waals surface area contributed by atoms with Crippen molar-refractivity contribution in [2.45, 2.75) is 20.3 Å². The molecule has 0 aromatic heterocycles. The number of aliphatic carboxylic acids is 1. The molecule has 0 bridgehead atoms. The number of allylic oxidation sites excluding steroid dienone is 1. The summed E-state index contributed by atoms with van der Waals surface area (Å²) in [5, 5.41) is 17.6. The largest absolute Gasteiger partial charge is 0.512 e. The Kier molecular flexibility index (Phi) is 4.04. The summed E-state index contributed by atoms with van der Waals surface area (Å²) >= 11 is 0. The number of nitrogens with zero attached hydrogens (tertiary/aromatic N) is 1. The molecule has 2 N–H and O–H groups in total. The molecule has 0 atom stereocenters. The third kappa shape index (κ3) is 3.18. The van der Waals surface area contributed by atoms with E-state index < -0.39 is 5.97 Å². The van der Waals surface area contributed by atoms with Gasteiger partial charge in [-0.05, 0) is 13.8 Å². The zero-order valence-electron chi connectivity index (χ0n) is 7.46. The number of carbonyl (C=O) groups is 1. The highest BCUT2D eigenvalue weighted by molar-refractivity contribution is 6.01. The van der Waals surface area contributed by atoms with E-state index in [1.807, 2.05) is 0 Å². The Morgan fingerprint density at radius 1 is 1.33 bits per heavy atom. The normalized spacial score (nSPS) is 14.1. The topological polar surface area (TPSA) is 69.9 Å². The minimum atomic E-state index is -0.971. The van der Waals surface area contributed by atoms with Crippen LogP contribution in [0.3, 0.4) is 0 Å². The van der Waals surface area contributed by atoms with Gasteiger partial charge >= 0.3 is 5.97 Å². The van der Waals surface area contributed by atoms with Gasteiger partial charge in [0.15, 0.2) is 0 Å². The summed E-state index contributed by atoms with van der Waals surface area (Å²) in [6.07, 6.45) is -0.189. The van der Waals surface area contributed by atoms with E-state index >= 15 is 0 Å². The van der Waals surface area contributed by atoms with Crippen LogP contribution in [0.1, 0.15) is 20.3 Å². The molecule has 68 valence electrons. The first-order chi connectivity index (χ1) is 5.49. The molecule has 0 unspecified atom stereocenters. The van der Waals surface area contributed by atoms with E-state index in [9.17, 15) is 4.79 Å². The maximum atomic E-state index is 10.3. The number of carboxylic acid groups (broad SMARTS) is 1. The van der Waals surface area contributed by atoms with Crippen molar-refractivity contribution in [3.8, 4) is 0 Å². The molecule has 0 radical (unpaired) electrons. The molecule has 0 aliphatic carbocycles. The number of hydrogen-bond acceptors (Lipinski definition) is 3. The monoisotopic (exact) mass is 171 g/mol. The number of rotatable bonds is 3. The molecule has 0 aromatic rings. The zero-order valence-corrected chi connectivity index (χ0v) is 7.46. The fraction of sp³-hybridized carbons (Fsp3) is 0.500. The molecular formula is C8H13NO3. The molecule has 4 heteroatoms. The number of aliphatic imine (C=N–C) groups is 1. The molecular weight excluding hydrogens is 158 g/mol. The third-order valence-electron chi connectivity index (χ3n) is 1.54. The van der Waals surface area contributed by atoms with Gasteiger partial charge in [0.25, 0.3) is 0 Å². The first-order valence-corrected chi connectivity index (χ1v) is 3.53. The van der Waals surface area contributed by atoms with Crippen LogP contribution < -0.4 is 0 Å². The lowest BCUT2D eigenvalue weighted by molar-refractivity contribution is -0.136. The van der Waals surface area contributed by atoms with Crippen LogP contribution in [0.15, 0.2) is 16.3 Å². The van der Waals surface area contributed by atoms with Crippen LogP contribution >= 0.6 is 0 Å². The second-order valence-electron chi connectivity index (χ2n) is 2.44. The predicted octanol–water partition coefficient (Wildman–Crippen LogP) is 1.38. The molecule has 0 heterocycles. The van der Waals surface area contributed by atoms with Crippen molar-refractivity contribution in [3.63, 3.8) is 0 Å². The van der Waals surface area contributed by atoms with Crippen molar-refractivity contribution in [1.82, 2.24) is 0 Å². The highest BCUT2D eigenvalue weighted by atomic mass is 16.4. The van der Waals surface area contributed by atoms with Gasteiger partial charge in [0, 0.05) is 18.3 Å². The Hall–Kier alpha value is -1.32. The van der Waals surface area contributed by atoms with Gasteiger partial charge in [-0.25, -0.2) is 0 Å². The standard InChI is InChI=1S/C8H13NO3/c1-5(9-3)7(6(2)10)4-8(11)12/h10H,4H2,1-3H3,(H,11,12)/b7-6-,9-5+. The van der Waals surface area contributed by atoms with E-state index in [1.165, 1.54) is 6.92 Å². The van der Waals surface area contributed by atoms with Crippen LogP contribution in [0.5, 0.6) is 0 Å². The second-order valence-corrected chi connectivity index (χ2v) is 2.44. The first kappa shape index (κ1) is 10.7. The molecule has 4 nitrogen and oxygen atoms in total. The van der Waals surface area contributed by atoms with Gasteiger partial charge in [-0.1, -0.05) is 0 Å². The molecule has 0 aromatic carbocycles. The molecule has 0 rings (SSSR count). The molecule has 0 amide bonds. The smallest absolute Gasteiger partial charge is 0.308 e. The van der Waals surface area contributed by atoms with Crippen LogP contribution in [0, 0.1) is 0 Å². The molecule has 0 saturated carbocycles. The Balaban J connectivity index is 4.71. The highest BCUT2D eigenvalue weighted by Crippen LogP contribution is 2.08. The number of aliphatic hydroxyl groups is 1. The second kappa shape index (κ2) is 4.54. The van der Waals surface area contributed by atoms with Crippen molar-refractivity contribution in [2.75, 3.05) is 7.05 Å². The lowest BCUT2D eigenvalue weighted by atomic mass is 10.1. The van der Waals surface area contributed by atoms with Crippen molar-refractivity contribution < 1.29 is 15.0 Å². The van der Waals surface area contributed by atoms with Gasteiger partial charge in [0.1, 0.15) is 0 Å². The molecule has 0 saturated heterocycles. The minimum absolute atomic E-state index is 0.0144. The van der Waals surface area contributed by atoms with Crippen LogP contribution in [0.4, 0.5) is 0 Å². The average Bonchev–Trinajstić information content (AvgIpc) is 1.98. The fourth-order valence-electron chi connectivity index (χ4n) is 0.804. The van der Waals surface area contributed by atoms with Crippen molar-refractivity contribution in [3.05, 3.63) is 11.3 Å². The zero-order chi connectivity index (χ0) is 9.72. The SMILES string of the molecule is C/N=C(C)/C(CC(=O)O)=C(/C)O. The maximum Gasteiger partial charge on any atom is 0.308 e. The summed E-state index contributed by atoms with van der Waals surface area (Å²) in [6.45, 7) is 3.12. The van der Waals surface area contributed by atoms with Crippen LogP contribution in [-0.4, -0.2) is 28.9 Å². The summed E-state index contributed by atoms with van der Waals surface area (Å²) in [4.78, 5) is 14.1. The molecule has 0 fully saturated rings. The number of carboxylic acids is 1. The quantitative estimate of drug-likeness (QED) is 0.498. The Morgan fingerprint density at radius 2 is 1.83 bits per heavy atom. The summed E-state index contributed by atoms with van der Waals surface area (Å²) < 4.78 is 0. The summed E-state index contributed by atoms with van der Waals surface area (Å²) in [5.41, 5.74) is 0.933. The van der Waals surface area contributed by atoms with E-state index in [-0.39, 0.29) is 12.2 Å². The Morgan fingerprint density at radius 3 is 2.08 bits per heavy atom. The van der Waals surface area contributed by atoms with E-state index in [2.05, 4.69) is 4.99 Å². The molecule has 0 aliphatic heterocycles. The van der Waals surface area contributed by atoms with Gasteiger partial charge in [0.2, 0.25) is 0 Å². The Labute approximate surface area is 71.2 Å².